The van der Waals surface area contributed by atoms with Crippen molar-refractivity contribution >= 4 is 17.3 Å². The third-order valence-corrected chi connectivity index (χ3v) is 3.52. The zero-order chi connectivity index (χ0) is 15.9. The van der Waals surface area contributed by atoms with Gasteiger partial charge in [0.1, 0.15) is 11.6 Å². The van der Waals surface area contributed by atoms with E-state index < -0.39 is 10.8 Å². The number of nitriles is 1. The summed E-state index contributed by atoms with van der Waals surface area (Å²) in [5.41, 5.74) is 0.520. The summed E-state index contributed by atoms with van der Waals surface area (Å²) >= 11 is 0. The highest BCUT2D eigenvalue weighted by molar-refractivity contribution is 5.97. The van der Waals surface area contributed by atoms with E-state index in [2.05, 4.69) is 10.6 Å². The van der Waals surface area contributed by atoms with Gasteiger partial charge in [0.15, 0.2) is 0 Å². The molecule has 1 aromatic rings. The smallest absolute Gasteiger partial charge is 0.269 e. The molecule has 0 saturated heterocycles. The minimum Gasteiger partial charge on any atom is -0.360 e. The van der Waals surface area contributed by atoms with Gasteiger partial charge in [-0.25, -0.2) is 0 Å². The first-order valence-electron chi connectivity index (χ1n) is 7.02. The number of nitro benzene ring substituents is 1. The number of nitro groups is 1. The monoisotopic (exact) mass is 300 g/mol. The first-order valence-corrected chi connectivity index (χ1v) is 7.02. The molecular formula is C15H16N4O3. The van der Waals surface area contributed by atoms with Crippen molar-refractivity contribution in [1.82, 2.24) is 5.32 Å². The quantitative estimate of drug-likeness (QED) is 0.376. The summed E-state index contributed by atoms with van der Waals surface area (Å²) in [6.45, 7) is 0. The molecule has 7 nitrogen and oxygen atoms in total. The molecule has 2 N–H and O–H groups in total. The van der Waals surface area contributed by atoms with Crippen molar-refractivity contribution in [1.29, 1.82) is 5.26 Å². The topological polar surface area (TPSA) is 108 Å². The number of nitrogens with zero attached hydrogens (tertiary/aromatic N) is 2. The van der Waals surface area contributed by atoms with Gasteiger partial charge in [0.2, 0.25) is 0 Å². The summed E-state index contributed by atoms with van der Waals surface area (Å²) in [6.07, 6.45) is 5.39. The highest BCUT2D eigenvalue weighted by Crippen LogP contribution is 2.18. The van der Waals surface area contributed by atoms with Crippen LogP contribution in [0.3, 0.4) is 0 Å². The summed E-state index contributed by atoms with van der Waals surface area (Å²) in [7, 11) is 0. The van der Waals surface area contributed by atoms with E-state index in [1.165, 1.54) is 30.5 Å². The van der Waals surface area contributed by atoms with Gasteiger partial charge in [-0.2, -0.15) is 5.26 Å². The number of anilines is 1. The fourth-order valence-electron chi connectivity index (χ4n) is 2.32. The fraction of sp³-hybridized carbons (Fsp3) is 0.333. The second-order valence-corrected chi connectivity index (χ2v) is 5.07. The number of amides is 1. The van der Waals surface area contributed by atoms with Gasteiger partial charge in [0, 0.05) is 30.1 Å². The fourth-order valence-corrected chi connectivity index (χ4v) is 2.32. The largest absolute Gasteiger partial charge is 0.360 e. The zero-order valence-corrected chi connectivity index (χ0v) is 11.9. The van der Waals surface area contributed by atoms with E-state index in [9.17, 15) is 14.9 Å². The molecule has 1 aliphatic rings. The van der Waals surface area contributed by atoms with Crippen LogP contribution >= 0.6 is 0 Å². The molecule has 0 atom stereocenters. The molecule has 0 bridgehead atoms. The number of non-ortho nitro benzene ring substituents is 1. The highest BCUT2D eigenvalue weighted by atomic mass is 16.6. The molecular weight excluding hydrogens is 284 g/mol. The molecule has 1 fully saturated rings. The molecule has 7 heteroatoms. The van der Waals surface area contributed by atoms with Gasteiger partial charge in [0.05, 0.1) is 4.92 Å². The third kappa shape index (κ3) is 4.06. The van der Waals surface area contributed by atoms with Crippen molar-refractivity contribution in [3.05, 3.63) is 46.2 Å². The minimum atomic E-state index is -0.491. The van der Waals surface area contributed by atoms with E-state index >= 15 is 0 Å². The zero-order valence-electron chi connectivity index (χ0n) is 11.9. The van der Waals surface area contributed by atoms with Gasteiger partial charge in [-0.15, -0.1) is 0 Å². The predicted octanol–water partition coefficient (Wildman–Crippen LogP) is 2.47. The van der Waals surface area contributed by atoms with Crippen LogP contribution in [0.1, 0.15) is 25.7 Å². The van der Waals surface area contributed by atoms with Crippen LogP contribution in [0.4, 0.5) is 11.4 Å². The second kappa shape index (κ2) is 7.22. The number of hydrogen-bond donors (Lipinski definition) is 2. The lowest BCUT2D eigenvalue weighted by atomic mass is 10.2. The van der Waals surface area contributed by atoms with Crippen molar-refractivity contribution < 1.29 is 9.72 Å². The summed E-state index contributed by atoms with van der Waals surface area (Å²) in [5, 5.41) is 25.2. The van der Waals surface area contributed by atoms with Crippen molar-refractivity contribution in [2.45, 2.75) is 31.7 Å². The molecule has 1 aliphatic carbocycles. The third-order valence-electron chi connectivity index (χ3n) is 3.52. The Hall–Kier alpha value is -2.88. The summed E-state index contributed by atoms with van der Waals surface area (Å²) in [5.74, 6) is -0.399. The van der Waals surface area contributed by atoms with Gasteiger partial charge in [0.25, 0.3) is 11.6 Å². The van der Waals surface area contributed by atoms with Crippen LogP contribution in [-0.2, 0) is 4.79 Å². The maximum atomic E-state index is 12.0. The maximum absolute atomic E-state index is 12.0. The Bertz CT molecular complexity index is 625. The Balaban J connectivity index is 1.97. The molecule has 0 aromatic heterocycles. The van der Waals surface area contributed by atoms with Gasteiger partial charge < -0.3 is 10.6 Å². The van der Waals surface area contributed by atoms with E-state index in [-0.39, 0.29) is 17.3 Å². The number of nitrogens with one attached hydrogen (secondary N) is 2. The van der Waals surface area contributed by atoms with Crippen molar-refractivity contribution in [2.24, 2.45) is 0 Å². The Morgan fingerprint density at radius 2 is 1.95 bits per heavy atom. The molecule has 1 amide bonds. The second-order valence-electron chi connectivity index (χ2n) is 5.07. The Morgan fingerprint density at radius 3 is 2.50 bits per heavy atom. The molecule has 1 aromatic carbocycles. The Labute approximate surface area is 127 Å². The van der Waals surface area contributed by atoms with Crippen LogP contribution in [0, 0.1) is 21.4 Å². The van der Waals surface area contributed by atoms with Crippen molar-refractivity contribution in [3.8, 4) is 6.07 Å². The van der Waals surface area contributed by atoms with Gasteiger partial charge >= 0.3 is 0 Å². The highest BCUT2D eigenvalue weighted by Gasteiger charge is 2.19. The van der Waals surface area contributed by atoms with E-state index in [1.807, 2.05) is 6.07 Å². The van der Waals surface area contributed by atoms with Gasteiger partial charge in [-0.1, -0.05) is 12.8 Å². The van der Waals surface area contributed by atoms with Crippen LogP contribution in [0.25, 0.3) is 0 Å². The number of rotatable bonds is 5. The summed E-state index contributed by atoms with van der Waals surface area (Å²) in [4.78, 5) is 22.0. The van der Waals surface area contributed by atoms with E-state index in [0.29, 0.717) is 5.69 Å². The lowest BCUT2D eigenvalue weighted by Gasteiger charge is -2.11. The minimum absolute atomic E-state index is 0.0194. The summed E-state index contributed by atoms with van der Waals surface area (Å²) < 4.78 is 0. The van der Waals surface area contributed by atoms with E-state index in [4.69, 9.17) is 5.26 Å². The Kier molecular flexibility index (Phi) is 5.09. The first-order chi connectivity index (χ1) is 10.6. The average molecular weight is 300 g/mol. The maximum Gasteiger partial charge on any atom is 0.269 e. The van der Waals surface area contributed by atoms with Gasteiger partial charge in [-0.05, 0) is 25.0 Å². The predicted molar refractivity (Wildman–Crippen MR) is 80.8 cm³/mol. The van der Waals surface area contributed by atoms with Crippen molar-refractivity contribution in [3.63, 3.8) is 0 Å². The van der Waals surface area contributed by atoms with Crippen molar-refractivity contribution in [2.75, 3.05) is 5.32 Å². The lowest BCUT2D eigenvalue weighted by molar-refractivity contribution is -0.384. The van der Waals surface area contributed by atoms with E-state index in [0.717, 1.165) is 25.7 Å². The standard InChI is InChI=1S/C15H16N4O3/c16-9-11(15(20)18-13-3-1-2-4-13)10-17-12-5-7-14(8-6-12)19(21)22/h5-8,10,13,17H,1-4H2,(H,18,20)/b11-10-. The van der Waals surface area contributed by atoms with Crippen LogP contribution in [0.15, 0.2) is 36.0 Å². The number of hydrogen-bond acceptors (Lipinski definition) is 5. The molecule has 0 heterocycles. The molecule has 2 rings (SSSR count). The molecule has 0 radical (unpaired) electrons. The van der Waals surface area contributed by atoms with Crippen LogP contribution in [0.2, 0.25) is 0 Å². The van der Waals surface area contributed by atoms with Crippen LogP contribution in [-0.4, -0.2) is 16.9 Å². The molecule has 0 unspecified atom stereocenters. The SMILES string of the molecule is N#C/C(=C/Nc1ccc([N+](=O)[O-])cc1)C(=O)NC1CCCC1. The molecule has 0 spiro atoms. The lowest BCUT2D eigenvalue weighted by Crippen LogP contribution is -2.33. The molecule has 0 aliphatic heterocycles. The normalized spacial score (nSPS) is 15.1. The Morgan fingerprint density at radius 1 is 1.32 bits per heavy atom. The van der Waals surface area contributed by atoms with E-state index in [1.54, 1.807) is 0 Å². The molecule has 22 heavy (non-hydrogen) atoms. The summed E-state index contributed by atoms with van der Waals surface area (Å²) in [6, 6.07) is 7.72. The number of benzene rings is 1. The van der Waals surface area contributed by atoms with Crippen LogP contribution < -0.4 is 10.6 Å². The van der Waals surface area contributed by atoms with Crippen LogP contribution in [0.5, 0.6) is 0 Å². The molecule has 1 saturated carbocycles. The first kappa shape index (κ1) is 15.5. The van der Waals surface area contributed by atoms with Gasteiger partial charge in [-0.3, -0.25) is 14.9 Å². The average Bonchev–Trinajstić information content (AvgIpc) is 3.01. The number of carbonyl (C=O) groups excluding carboxylic acids is 1. The molecule has 114 valence electrons. The number of carbonyl (C=O) groups is 1.